The minimum absolute atomic E-state index is 0.203. The van der Waals surface area contributed by atoms with Crippen LogP contribution in [-0.2, 0) is 17.3 Å². The Morgan fingerprint density at radius 3 is 2.38 bits per heavy atom. The molecule has 0 atom stereocenters. The molecule has 190 valence electrons. The van der Waals surface area contributed by atoms with E-state index in [0.717, 1.165) is 28.2 Å². The van der Waals surface area contributed by atoms with Crippen LogP contribution in [0.1, 0.15) is 11.4 Å². The maximum Gasteiger partial charge on any atom is 0.196 e. The lowest BCUT2D eigenvalue weighted by molar-refractivity contribution is -0.0796. The van der Waals surface area contributed by atoms with Crippen LogP contribution in [0.5, 0.6) is 0 Å². The molecular formula is C27H26ClFN6OS. The van der Waals surface area contributed by atoms with Crippen molar-refractivity contribution in [2.75, 3.05) is 38.2 Å². The van der Waals surface area contributed by atoms with E-state index >= 15 is 0 Å². The first kappa shape index (κ1) is 25.3. The lowest BCUT2D eigenvalue weighted by Gasteiger charge is -2.39. The number of aromatic nitrogens is 3. The van der Waals surface area contributed by atoms with Crippen LogP contribution in [0.2, 0.25) is 0 Å². The molecule has 1 aliphatic heterocycles. The SMILES string of the molecule is CON(Cc1ccccc1)C(=S)N1CCN(c2nc(CCl)nc3ccc(-c4ccc(F)cc4)nc23)CC1. The van der Waals surface area contributed by atoms with Gasteiger partial charge >= 0.3 is 0 Å². The fourth-order valence-corrected chi connectivity index (χ4v) is 4.78. The summed E-state index contributed by atoms with van der Waals surface area (Å²) in [6.07, 6.45) is 0. The first-order valence-electron chi connectivity index (χ1n) is 11.9. The molecule has 0 saturated carbocycles. The zero-order valence-electron chi connectivity index (χ0n) is 20.3. The minimum Gasteiger partial charge on any atom is -0.351 e. The molecule has 3 heterocycles. The molecule has 0 bridgehead atoms. The number of rotatable bonds is 6. The number of benzene rings is 2. The highest BCUT2D eigenvalue weighted by Crippen LogP contribution is 2.28. The van der Waals surface area contributed by atoms with Crippen LogP contribution in [0.25, 0.3) is 22.3 Å². The molecule has 0 unspecified atom stereocenters. The van der Waals surface area contributed by atoms with Crippen molar-refractivity contribution >= 4 is 45.8 Å². The van der Waals surface area contributed by atoms with Crippen LogP contribution < -0.4 is 4.90 Å². The van der Waals surface area contributed by atoms with E-state index < -0.39 is 0 Å². The molecule has 4 aromatic rings. The number of pyridine rings is 1. The lowest BCUT2D eigenvalue weighted by Crippen LogP contribution is -2.52. The Labute approximate surface area is 225 Å². The second-order valence-corrected chi connectivity index (χ2v) is 9.26. The summed E-state index contributed by atoms with van der Waals surface area (Å²) in [7, 11) is 1.64. The second-order valence-electron chi connectivity index (χ2n) is 8.63. The third kappa shape index (κ3) is 5.64. The molecule has 1 saturated heterocycles. The number of nitrogens with zero attached hydrogens (tertiary/aromatic N) is 6. The van der Waals surface area contributed by atoms with Gasteiger partial charge in [0.1, 0.15) is 17.2 Å². The molecule has 0 N–H and O–H groups in total. The van der Waals surface area contributed by atoms with E-state index in [0.29, 0.717) is 49.2 Å². The summed E-state index contributed by atoms with van der Waals surface area (Å²) in [5, 5.41) is 2.39. The Morgan fingerprint density at radius 2 is 1.70 bits per heavy atom. The lowest BCUT2D eigenvalue weighted by atomic mass is 10.1. The Bertz CT molecular complexity index is 1380. The maximum atomic E-state index is 13.4. The molecule has 1 aliphatic rings. The van der Waals surface area contributed by atoms with Crippen LogP contribution in [0.3, 0.4) is 0 Å². The third-order valence-electron chi connectivity index (χ3n) is 6.28. The van der Waals surface area contributed by atoms with Crippen molar-refractivity contribution in [1.29, 1.82) is 0 Å². The molecule has 0 radical (unpaired) electrons. The van der Waals surface area contributed by atoms with Gasteiger partial charge in [0.2, 0.25) is 0 Å². The van der Waals surface area contributed by atoms with Crippen molar-refractivity contribution in [3.8, 4) is 11.3 Å². The number of halogens is 2. The van der Waals surface area contributed by atoms with Gasteiger partial charge in [-0.25, -0.2) is 24.4 Å². The van der Waals surface area contributed by atoms with E-state index in [1.54, 1.807) is 24.3 Å². The molecule has 10 heteroatoms. The first-order valence-corrected chi connectivity index (χ1v) is 12.9. The fraction of sp³-hybridized carbons (Fsp3) is 0.259. The van der Waals surface area contributed by atoms with E-state index in [1.165, 1.54) is 12.1 Å². The third-order valence-corrected chi connectivity index (χ3v) is 6.98. The van der Waals surface area contributed by atoms with Crippen LogP contribution in [0.4, 0.5) is 10.2 Å². The number of thiocarbonyl (C=S) groups is 1. The van der Waals surface area contributed by atoms with Gasteiger partial charge in [0, 0.05) is 31.7 Å². The zero-order valence-corrected chi connectivity index (χ0v) is 21.9. The number of fused-ring (bicyclic) bond motifs is 1. The van der Waals surface area contributed by atoms with E-state index in [1.807, 2.05) is 30.3 Å². The average Bonchev–Trinajstić information content (AvgIpc) is 2.95. The maximum absolute atomic E-state index is 13.4. The van der Waals surface area contributed by atoms with E-state index in [-0.39, 0.29) is 11.7 Å². The second kappa shape index (κ2) is 11.3. The number of hydrogen-bond donors (Lipinski definition) is 0. The molecule has 7 nitrogen and oxygen atoms in total. The monoisotopic (exact) mass is 536 g/mol. The molecular weight excluding hydrogens is 511 g/mol. The quantitative estimate of drug-likeness (QED) is 0.193. The van der Waals surface area contributed by atoms with Crippen LogP contribution in [-0.4, -0.2) is 63.3 Å². The predicted molar refractivity (Wildman–Crippen MR) is 148 cm³/mol. The van der Waals surface area contributed by atoms with Gasteiger partial charge in [0.15, 0.2) is 10.9 Å². The largest absolute Gasteiger partial charge is 0.351 e. The molecule has 1 fully saturated rings. The Morgan fingerprint density at radius 1 is 0.973 bits per heavy atom. The summed E-state index contributed by atoms with van der Waals surface area (Å²) in [6, 6.07) is 20.2. The topological polar surface area (TPSA) is 57.6 Å². The molecule has 0 aliphatic carbocycles. The van der Waals surface area contributed by atoms with E-state index in [9.17, 15) is 4.39 Å². The average molecular weight is 537 g/mol. The number of anilines is 1. The number of hydrogen-bond acceptors (Lipinski definition) is 6. The Hall–Kier alpha value is -3.40. The summed E-state index contributed by atoms with van der Waals surface area (Å²) in [6.45, 7) is 3.36. The number of hydroxylamine groups is 2. The molecule has 2 aromatic carbocycles. The fourth-order valence-electron chi connectivity index (χ4n) is 4.33. The number of alkyl halides is 1. The standard InChI is InChI=1S/C27H26ClFN6OS/c1-36-35(18-19-5-3-2-4-6-19)27(37)34-15-13-33(14-16-34)26-25-23(30-24(17-28)32-26)12-11-22(31-25)20-7-9-21(29)10-8-20/h2-12H,13-18H2,1H3. The molecule has 37 heavy (non-hydrogen) atoms. The van der Waals surface area contributed by atoms with Crippen LogP contribution in [0, 0.1) is 5.82 Å². The van der Waals surface area contributed by atoms with Crippen LogP contribution in [0.15, 0.2) is 66.7 Å². The van der Waals surface area contributed by atoms with Gasteiger partial charge in [-0.2, -0.15) is 0 Å². The van der Waals surface area contributed by atoms with Crippen molar-refractivity contribution in [1.82, 2.24) is 24.9 Å². The summed E-state index contributed by atoms with van der Waals surface area (Å²) in [5.74, 6) is 1.21. The van der Waals surface area contributed by atoms with Crippen LogP contribution >= 0.6 is 23.8 Å². The molecule has 0 spiro atoms. The van der Waals surface area contributed by atoms with Crippen molar-refractivity contribution < 1.29 is 9.23 Å². The highest BCUT2D eigenvalue weighted by Gasteiger charge is 2.25. The van der Waals surface area contributed by atoms with Gasteiger partial charge in [-0.05, 0) is 54.2 Å². The van der Waals surface area contributed by atoms with Crippen molar-refractivity contribution in [3.63, 3.8) is 0 Å². The number of piperazine rings is 1. The summed E-state index contributed by atoms with van der Waals surface area (Å²) in [5.41, 5.74) is 4.08. The smallest absolute Gasteiger partial charge is 0.196 e. The van der Waals surface area contributed by atoms with Gasteiger partial charge in [-0.3, -0.25) is 4.84 Å². The van der Waals surface area contributed by atoms with Crippen molar-refractivity contribution in [2.45, 2.75) is 12.4 Å². The van der Waals surface area contributed by atoms with Gasteiger partial charge in [-0.1, -0.05) is 30.3 Å². The molecule has 2 aromatic heterocycles. The highest BCUT2D eigenvalue weighted by atomic mass is 35.5. The highest BCUT2D eigenvalue weighted by molar-refractivity contribution is 7.80. The van der Waals surface area contributed by atoms with Gasteiger partial charge in [0.05, 0.1) is 30.7 Å². The Balaban J connectivity index is 1.36. The summed E-state index contributed by atoms with van der Waals surface area (Å²) < 4.78 is 13.4. The van der Waals surface area contributed by atoms with Crippen molar-refractivity contribution in [3.05, 3.63) is 83.9 Å². The van der Waals surface area contributed by atoms with E-state index in [4.69, 9.17) is 38.6 Å². The minimum atomic E-state index is -0.285. The van der Waals surface area contributed by atoms with Gasteiger partial charge in [-0.15, -0.1) is 11.6 Å². The summed E-state index contributed by atoms with van der Waals surface area (Å²) in [4.78, 5) is 24.1. The summed E-state index contributed by atoms with van der Waals surface area (Å²) >= 11 is 11.9. The molecule has 5 rings (SSSR count). The zero-order chi connectivity index (χ0) is 25.8. The van der Waals surface area contributed by atoms with E-state index in [2.05, 4.69) is 26.9 Å². The normalized spacial score (nSPS) is 13.7. The molecule has 0 amide bonds. The first-order chi connectivity index (χ1) is 18.1. The predicted octanol–water partition coefficient (Wildman–Crippen LogP) is 5.04. The van der Waals surface area contributed by atoms with Gasteiger partial charge < -0.3 is 9.80 Å². The van der Waals surface area contributed by atoms with Crippen molar-refractivity contribution in [2.24, 2.45) is 0 Å². The van der Waals surface area contributed by atoms with Gasteiger partial charge in [0.25, 0.3) is 0 Å². The Kier molecular flexibility index (Phi) is 7.73.